The van der Waals surface area contributed by atoms with Crippen LogP contribution in [0.3, 0.4) is 0 Å². The van der Waals surface area contributed by atoms with Crippen LogP contribution in [0.25, 0.3) is 0 Å². The van der Waals surface area contributed by atoms with Gasteiger partial charge in [0.05, 0.1) is 11.1 Å². The van der Waals surface area contributed by atoms with Crippen LogP contribution in [0.1, 0.15) is 27.1 Å². The molecule has 4 rings (SSSR count). The molecule has 0 aliphatic carbocycles. The minimum atomic E-state index is -0.235. The van der Waals surface area contributed by atoms with Gasteiger partial charge in [0.1, 0.15) is 5.75 Å². The third kappa shape index (κ3) is 5.18. The highest BCUT2D eigenvalue weighted by Crippen LogP contribution is 2.25. The second kappa shape index (κ2) is 10.2. The monoisotopic (exact) mass is 446 g/mol. The van der Waals surface area contributed by atoms with Crippen molar-refractivity contribution in [1.82, 2.24) is 4.90 Å². The standard InChI is InChI=1S/C25H22N2O4S/c28-23(17-31-19-9-2-1-3-10-19)26-18-8-6-11-20(16-18)32-15-7-14-27-24(29)21-12-4-5-13-22(21)25(27)30/h1-6,8-13,16H,7,14-15,17H2,(H,26,28). The topological polar surface area (TPSA) is 75.7 Å². The van der Waals surface area contributed by atoms with Crippen molar-refractivity contribution in [1.29, 1.82) is 0 Å². The molecular formula is C25H22N2O4S. The Balaban J connectivity index is 1.23. The van der Waals surface area contributed by atoms with E-state index in [1.165, 1.54) is 4.90 Å². The van der Waals surface area contributed by atoms with Gasteiger partial charge in [-0.2, -0.15) is 0 Å². The summed E-state index contributed by atoms with van der Waals surface area (Å²) < 4.78 is 5.46. The number of fused-ring (bicyclic) bond motifs is 1. The number of anilines is 1. The van der Waals surface area contributed by atoms with Crippen molar-refractivity contribution in [3.63, 3.8) is 0 Å². The van der Waals surface area contributed by atoms with Gasteiger partial charge in [-0.1, -0.05) is 36.4 Å². The van der Waals surface area contributed by atoms with Crippen LogP contribution in [0.4, 0.5) is 5.69 Å². The molecule has 162 valence electrons. The number of para-hydroxylation sites is 1. The summed E-state index contributed by atoms with van der Waals surface area (Å²) in [7, 11) is 0. The summed E-state index contributed by atoms with van der Waals surface area (Å²) in [6.45, 7) is 0.314. The maximum Gasteiger partial charge on any atom is 0.262 e. The molecule has 0 aromatic heterocycles. The molecule has 3 amide bonds. The first-order valence-electron chi connectivity index (χ1n) is 10.3. The van der Waals surface area contributed by atoms with Crippen LogP contribution >= 0.6 is 11.8 Å². The molecule has 1 heterocycles. The summed E-state index contributed by atoms with van der Waals surface area (Å²) in [5.41, 5.74) is 1.65. The highest BCUT2D eigenvalue weighted by atomic mass is 32.2. The van der Waals surface area contributed by atoms with E-state index in [0.29, 0.717) is 35.5 Å². The van der Waals surface area contributed by atoms with Gasteiger partial charge in [-0.25, -0.2) is 0 Å². The van der Waals surface area contributed by atoms with Crippen molar-refractivity contribution in [3.8, 4) is 5.75 Å². The van der Waals surface area contributed by atoms with E-state index in [0.717, 1.165) is 10.6 Å². The fourth-order valence-electron chi connectivity index (χ4n) is 3.38. The molecule has 3 aromatic carbocycles. The van der Waals surface area contributed by atoms with Crippen LogP contribution in [0, 0.1) is 0 Å². The van der Waals surface area contributed by atoms with Crippen LogP contribution in [-0.2, 0) is 4.79 Å². The fraction of sp³-hybridized carbons (Fsp3) is 0.160. The number of nitrogens with one attached hydrogen (secondary N) is 1. The Hall–Kier alpha value is -3.58. The summed E-state index contributed by atoms with van der Waals surface area (Å²) in [5, 5.41) is 2.83. The molecular weight excluding hydrogens is 424 g/mol. The average Bonchev–Trinajstić information content (AvgIpc) is 3.06. The maximum absolute atomic E-state index is 12.4. The van der Waals surface area contributed by atoms with E-state index in [4.69, 9.17) is 4.74 Å². The van der Waals surface area contributed by atoms with Crippen LogP contribution in [0.15, 0.2) is 83.8 Å². The zero-order valence-corrected chi connectivity index (χ0v) is 18.1. The number of benzene rings is 3. The summed E-state index contributed by atoms with van der Waals surface area (Å²) in [6.07, 6.45) is 0.678. The Morgan fingerprint density at radius 3 is 2.28 bits per heavy atom. The van der Waals surface area contributed by atoms with Gasteiger partial charge in [-0.15, -0.1) is 11.8 Å². The summed E-state index contributed by atoms with van der Waals surface area (Å²) >= 11 is 1.61. The van der Waals surface area contributed by atoms with Crippen molar-refractivity contribution in [2.75, 3.05) is 24.2 Å². The first-order valence-corrected chi connectivity index (χ1v) is 11.3. The second-order valence-corrected chi connectivity index (χ2v) is 8.36. The van der Waals surface area contributed by atoms with Crippen molar-refractivity contribution in [2.24, 2.45) is 0 Å². The van der Waals surface area contributed by atoms with E-state index in [2.05, 4.69) is 5.32 Å². The normalized spacial score (nSPS) is 12.6. The van der Waals surface area contributed by atoms with Crippen LogP contribution in [0.5, 0.6) is 5.75 Å². The largest absolute Gasteiger partial charge is 0.484 e. The molecule has 1 aliphatic rings. The van der Waals surface area contributed by atoms with Crippen molar-refractivity contribution in [2.45, 2.75) is 11.3 Å². The number of thioether (sulfide) groups is 1. The van der Waals surface area contributed by atoms with E-state index < -0.39 is 0 Å². The molecule has 1 aliphatic heterocycles. The zero-order chi connectivity index (χ0) is 22.3. The fourth-order valence-corrected chi connectivity index (χ4v) is 4.28. The summed E-state index contributed by atoms with van der Waals surface area (Å²) in [6, 6.07) is 23.6. The first-order chi connectivity index (χ1) is 15.6. The molecule has 0 bridgehead atoms. The molecule has 0 unspecified atom stereocenters. The van der Waals surface area contributed by atoms with Gasteiger partial charge >= 0.3 is 0 Å². The number of imide groups is 1. The van der Waals surface area contributed by atoms with Gasteiger partial charge in [-0.3, -0.25) is 19.3 Å². The molecule has 0 radical (unpaired) electrons. The lowest BCUT2D eigenvalue weighted by molar-refractivity contribution is -0.118. The quantitative estimate of drug-likeness (QED) is 0.298. The smallest absolute Gasteiger partial charge is 0.262 e. The van der Waals surface area contributed by atoms with E-state index in [9.17, 15) is 14.4 Å². The van der Waals surface area contributed by atoms with Gasteiger partial charge < -0.3 is 10.1 Å². The zero-order valence-electron chi connectivity index (χ0n) is 17.3. The molecule has 0 spiro atoms. The SMILES string of the molecule is O=C(COc1ccccc1)Nc1cccc(SCCCN2C(=O)c3ccccc3C2=O)c1. The Labute approximate surface area is 190 Å². The Morgan fingerprint density at radius 1 is 0.875 bits per heavy atom. The Kier molecular flexibility index (Phi) is 6.87. The average molecular weight is 447 g/mol. The summed E-state index contributed by atoms with van der Waals surface area (Å²) in [4.78, 5) is 39.3. The number of nitrogens with zero attached hydrogens (tertiary/aromatic N) is 1. The lowest BCUT2D eigenvalue weighted by Gasteiger charge is -2.13. The van der Waals surface area contributed by atoms with Crippen molar-refractivity contribution in [3.05, 3.63) is 90.0 Å². The van der Waals surface area contributed by atoms with Gasteiger partial charge in [0.25, 0.3) is 17.7 Å². The van der Waals surface area contributed by atoms with Crippen LogP contribution in [0.2, 0.25) is 0 Å². The molecule has 7 heteroatoms. The second-order valence-electron chi connectivity index (χ2n) is 7.19. The number of hydrogen-bond acceptors (Lipinski definition) is 5. The highest BCUT2D eigenvalue weighted by Gasteiger charge is 2.34. The molecule has 0 saturated heterocycles. The van der Waals surface area contributed by atoms with Crippen LogP contribution in [-0.4, -0.2) is 41.5 Å². The molecule has 32 heavy (non-hydrogen) atoms. The predicted molar refractivity (Wildman–Crippen MR) is 124 cm³/mol. The van der Waals surface area contributed by atoms with E-state index in [1.54, 1.807) is 48.2 Å². The number of carbonyl (C=O) groups excluding carboxylic acids is 3. The number of rotatable bonds is 9. The lowest BCUT2D eigenvalue weighted by atomic mass is 10.1. The maximum atomic E-state index is 12.4. The number of ether oxygens (including phenoxy) is 1. The van der Waals surface area contributed by atoms with E-state index >= 15 is 0 Å². The molecule has 0 atom stereocenters. The summed E-state index contributed by atoms with van der Waals surface area (Å²) in [5.74, 6) is 0.699. The Bertz CT molecular complexity index is 1100. The third-order valence-corrected chi connectivity index (χ3v) is 5.98. The van der Waals surface area contributed by atoms with Crippen LogP contribution < -0.4 is 10.1 Å². The number of hydrogen-bond donors (Lipinski definition) is 1. The van der Waals surface area contributed by atoms with Gasteiger partial charge in [0.15, 0.2) is 6.61 Å². The molecule has 1 N–H and O–H groups in total. The van der Waals surface area contributed by atoms with Gasteiger partial charge in [-0.05, 0) is 54.6 Å². The van der Waals surface area contributed by atoms with E-state index in [1.807, 2.05) is 42.5 Å². The molecule has 3 aromatic rings. The Morgan fingerprint density at radius 2 is 1.56 bits per heavy atom. The minimum absolute atomic E-state index is 0.0678. The molecule has 6 nitrogen and oxygen atoms in total. The minimum Gasteiger partial charge on any atom is -0.484 e. The van der Waals surface area contributed by atoms with E-state index in [-0.39, 0.29) is 24.3 Å². The lowest BCUT2D eigenvalue weighted by Crippen LogP contribution is -2.30. The number of amides is 3. The van der Waals surface area contributed by atoms with Crippen molar-refractivity contribution >= 4 is 35.2 Å². The predicted octanol–water partition coefficient (Wildman–Crippen LogP) is 4.48. The molecule has 0 fully saturated rings. The van der Waals surface area contributed by atoms with Crippen molar-refractivity contribution < 1.29 is 19.1 Å². The first kappa shape index (κ1) is 21.6. The van der Waals surface area contributed by atoms with Gasteiger partial charge in [0.2, 0.25) is 0 Å². The van der Waals surface area contributed by atoms with Gasteiger partial charge in [0, 0.05) is 17.1 Å². The highest BCUT2D eigenvalue weighted by molar-refractivity contribution is 7.99. The molecule has 0 saturated carbocycles. The number of carbonyl (C=O) groups is 3. The third-order valence-electron chi connectivity index (χ3n) is 4.90.